The van der Waals surface area contributed by atoms with Gasteiger partial charge in [-0.1, -0.05) is 18.0 Å². The van der Waals surface area contributed by atoms with Crippen LogP contribution in [0.1, 0.15) is 57.3 Å². The van der Waals surface area contributed by atoms with Gasteiger partial charge in [0, 0.05) is 18.6 Å². The predicted octanol–water partition coefficient (Wildman–Crippen LogP) is 1.98. The first-order valence-electron chi connectivity index (χ1n) is 6.36. The fourth-order valence-corrected chi connectivity index (χ4v) is 2.39. The van der Waals surface area contributed by atoms with E-state index in [2.05, 4.69) is 10.1 Å². The van der Waals surface area contributed by atoms with Gasteiger partial charge in [0.25, 0.3) is 0 Å². The van der Waals surface area contributed by atoms with Crippen LogP contribution in [0.4, 0.5) is 0 Å². The molecule has 1 aliphatic carbocycles. The largest absolute Gasteiger partial charge is 0.371 e. The second-order valence-corrected chi connectivity index (χ2v) is 4.89. The molecule has 2 N–H and O–H groups in total. The Morgan fingerprint density at radius 3 is 2.82 bits per heavy atom. The Kier molecular flexibility index (Phi) is 3.79. The van der Waals surface area contributed by atoms with Crippen LogP contribution in [0.15, 0.2) is 4.52 Å². The van der Waals surface area contributed by atoms with Gasteiger partial charge in [0.1, 0.15) is 6.10 Å². The van der Waals surface area contributed by atoms with Crippen molar-refractivity contribution < 1.29 is 9.26 Å². The third kappa shape index (κ3) is 3.04. The standard InChI is InChI=1S/C12H21N3O2/c1-3-16-9(2)11-14-10(17-15-11)8-12(13)6-4-5-7-12/h9H,3-8,13H2,1-2H3. The Labute approximate surface area is 102 Å². The molecule has 0 aromatic carbocycles. The zero-order valence-electron chi connectivity index (χ0n) is 10.6. The zero-order valence-corrected chi connectivity index (χ0v) is 10.6. The molecule has 0 aliphatic heterocycles. The molecule has 1 aromatic rings. The first-order chi connectivity index (χ1) is 8.13. The van der Waals surface area contributed by atoms with E-state index in [0.29, 0.717) is 24.7 Å². The smallest absolute Gasteiger partial charge is 0.228 e. The fraction of sp³-hybridized carbons (Fsp3) is 0.833. The molecule has 17 heavy (non-hydrogen) atoms. The summed E-state index contributed by atoms with van der Waals surface area (Å²) in [6.45, 7) is 4.52. The van der Waals surface area contributed by atoms with Gasteiger partial charge in [-0.25, -0.2) is 0 Å². The van der Waals surface area contributed by atoms with Gasteiger partial charge in [-0.2, -0.15) is 4.98 Å². The van der Waals surface area contributed by atoms with Crippen molar-refractivity contribution in [2.24, 2.45) is 5.73 Å². The van der Waals surface area contributed by atoms with E-state index in [0.717, 1.165) is 12.8 Å². The molecule has 1 aliphatic rings. The van der Waals surface area contributed by atoms with E-state index >= 15 is 0 Å². The average molecular weight is 239 g/mol. The second kappa shape index (κ2) is 5.14. The van der Waals surface area contributed by atoms with Gasteiger partial charge >= 0.3 is 0 Å². The molecule has 1 atom stereocenters. The number of nitrogens with zero attached hydrogens (tertiary/aromatic N) is 2. The van der Waals surface area contributed by atoms with Gasteiger partial charge in [0.2, 0.25) is 5.89 Å². The van der Waals surface area contributed by atoms with Crippen molar-refractivity contribution in [3.05, 3.63) is 11.7 Å². The molecule has 1 saturated carbocycles. The second-order valence-electron chi connectivity index (χ2n) is 4.89. The first-order valence-corrected chi connectivity index (χ1v) is 6.36. The number of nitrogens with two attached hydrogens (primary N) is 1. The molecule has 0 radical (unpaired) electrons. The van der Waals surface area contributed by atoms with Crippen LogP contribution in [-0.2, 0) is 11.2 Å². The molecule has 5 heteroatoms. The highest BCUT2D eigenvalue weighted by atomic mass is 16.5. The topological polar surface area (TPSA) is 74.2 Å². The minimum atomic E-state index is -0.140. The van der Waals surface area contributed by atoms with E-state index in [4.69, 9.17) is 15.0 Å². The van der Waals surface area contributed by atoms with Crippen LogP contribution in [0, 0.1) is 0 Å². The summed E-state index contributed by atoms with van der Waals surface area (Å²) in [7, 11) is 0. The van der Waals surface area contributed by atoms with Crippen molar-refractivity contribution >= 4 is 0 Å². The Morgan fingerprint density at radius 2 is 2.18 bits per heavy atom. The molecule has 1 unspecified atom stereocenters. The minimum absolute atomic E-state index is 0.116. The maximum Gasteiger partial charge on any atom is 0.228 e. The van der Waals surface area contributed by atoms with E-state index in [1.165, 1.54) is 12.8 Å². The Morgan fingerprint density at radius 1 is 1.47 bits per heavy atom. The zero-order chi connectivity index (χ0) is 12.3. The number of hydrogen-bond donors (Lipinski definition) is 1. The Balaban J connectivity index is 1.98. The summed E-state index contributed by atoms with van der Waals surface area (Å²) in [5.41, 5.74) is 6.14. The lowest BCUT2D eigenvalue weighted by Gasteiger charge is -2.20. The van der Waals surface area contributed by atoms with Crippen LogP contribution in [0.5, 0.6) is 0 Å². The highest BCUT2D eigenvalue weighted by Crippen LogP contribution is 2.30. The number of ether oxygens (including phenoxy) is 1. The van der Waals surface area contributed by atoms with Crippen LogP contribution in [0.25, 0.3) is 0 Å². The van der Waals surface area contributed by atoms with E-state index in [9.17, 15) is 0 Å². The molecule has 0 bridgehead atoms. The van der Waals surface area contributed by atoms with Gasteiger partial charge in [-0.05, 0) is 26.7 Å². The van der Waals surface area contributed by atoms with Crippen molar-refractivity contribution in [3.8, 4) is 0 Å². The summed E-state index contributed by atoms with van der Waals surface area (Å²) in [5.74, 6) is 1.25. The van der Waals surface area contributed by atoms with E-state index < -0.39 is 0 Å². The molecular weight excluding hydrogens is 218 g/mol. The van der Waals surface area contributed by atoms with Gasteiger partial charge in [0.15, 0.2) is 5.82 Å². The summed E-state index contributed by atoms with van der Waals surface area (Å²) in [6, 6.07) is 0. The highest BCUT2D eigenvalue weighted by Gasteiger charge is 2.31. The summed E-state index contributed by atoms with van der Waals surface area (Å²) in [4.78, 5) is 4.35. The van der Waals surface area contributed by atoms with Crippen molar-refractivity contribution in [1.29, 1.82) is 0 Å². The monoisotopic (exact) mass is 239 g/mol. The van der Waals surface area contributed by atoms with Crippen LogP contribution in [0.2, 0.25) is 0 Å². The average Bonchev–Trinajstić information content (AvgIpc) is 2.89. The van der Waals surface area contributed by atoms with Gasteiger partial charge < -0.3 is 15.0 Å². The van der Waals surface area contributed by atoms with Gasteiger partial charge in [0.05, 0.1) is 0 Å². The normalized spacial score (nSPS) is 20.6. The highest BCUT2D eigenvalue weighted by molar-refractivity contribution is 4.99. The molecular formula is C12H21N3O2. The molecule has 1 fully saturated rings. The van der Waals surface area contributed by atoms with Crippen molar-refractivity contribution in [3.63, 3.8) is 0 Å². The van der Waals surface area contributed by atoms with E-state index in [1.807, 2.05) is 13.8 Å². The SMILES string of the molecule is CCOC(C)c1noc(CC2(N)CCCC2)n1. The van der Waals surface area contributed by atoms with Gasteiger partial charge in [-0.15, -0.1) is 0 Å². The molecule has 5 nitrogen and oxygen atoms in total. The van der Waals surface area contributed by atoms with Crippen LogP contribution in [-0.4, -0.2) is 22.3 Å². The summed E-state index contributed by atoms with van der Waals surface area (Å²) in [6.07, 6.45) is 5.06. The van der Waals surface area contributed by atoms with Crippen LogP contribution in [0.3, 0.4) is 0 Å². The number of aromatic nitrogens is 2. The lowest BCUT2D eigenvalue weighted by atomic mass is 9.95. The van der Waals surface area contributed by atoms with E-state index in [1.54, 1.807) is 0 Å². The minimum Gasteiger partial charge on any atom is -0.371 e. The summed E-state index contributed by atoms with van der Waals surface area (Å²) in [5, 5.41) is 3.94. The Bertz CT molecular complexity index is 358. The Hall–Kier alpha value is -0.940. The van der Waals surface area contributed by atoms with Gasteiger partial charge in [-0.3, -0.25) is 0 Å². The maximum absolute atomic E-state index is 6.28. The number of rotatable bonds is 5. The molecule has 96 valence electrons. The van der Waals surface area contributed by atoms with Crippen LogP contribution >= 0.6 is 0 Å². The first kappa shape index (κ1) is 12.5. The van der Waals surface area contributed by atoms with Crippen molar-refractivity contribution in [1.82, 2.24) is 10.1 Å². The lowest BCUT2D eigenvalue weighted by molar-refractivity contribution is 0.0683. The predicted molar refractivity (Wildman–Crippen MR) is 63.4 cm³/mol. The maximum atomic E-state index is 6.28. The van der Waals surface area contributed by atoms with Crippen LogP contribution < -0.4 is 5.73 Å². The van der Waals surface area contributed by atoms with E-state index in [-0.39, 0.29) is 11.6 Å². The molecule has 0 amide bonds. The molecule has 1 aromatic heterocycles. The third-order valence-corrected chi connectivity index (χ3v) is 3.37. The summed E-state index contributed by atoms with van der Waals surface area (Å²) < 4.78 is 10.7. The lowest BCUT2D eigenvalue weighted by Crippen LogP contribution is -2.38. The molecule has 2 rings (SSSR count). The molecule has 1 heterocycles. The van der Waals surface area contributed by atoms with Crippen molar-refractivity contribution in [2.75, 3.05) is 6.61 Å². The molecule has 0 saturated heterocycles. The number of hydrogen-bond acceptors (Lipinski definition) is 5. The fourth-order valence-electron chi connectivity index (χ4n) is 2.39. The third-order valence-electron chi connectivity index (χ3n) is 3.37. The molecule has 0 spiro atoms. The quantitative estimate of drug-likeness (QED) is 0.850. The van der Waals surface area contributed by atoms with Crippen molar-refractivity contribution in [2.45, 2.75) is 57.6 Å². The summed E-state index contributed by atoms with van der Waals surface area (Å²) >= 11 is 0.